The van der Waals surface area contributed by atoms with Crippen LogP contribution in [-0.4, -0.2) is 24.8 Å². The van der Waals surface area contributed by atoms with Crippen LogP contribution in [0.3, 0.4) is 0 Å². The third-order valence-electron chi connectivity index (χ3n) is 4.49. The fourth-order valence-electron chi connectivity index (χ4n) is 3.24. The molecule has 3 rings (SSSR count). The number of nitrogens with zero attached hydrogens (tertiary/aromatic N) is 1. The monoisotopic (exact) mass is 265 g/mol. The highest BCUT2D eigenvalue weighted by Gasteiger charge is 2.61. The Labute approximate surface area is 109 Å². The van der Waals surface area contributed by atoms with Gasteiger partial charge in [-0.3, -0.25) is 0 Å². The molecule has 0 amide bonds. The van der Waals surface area contributed by atoms with Gasteiger partial charge >= 0.3 is 0 Å². The molecule has 2 fully saturated rings. The normalized spacial score (nSPS) is 32.0. The molecule has 1 aromatic carbocycles. The van der Waals surface area contributed by atoms with Crippen molar-refractivity contribution in [3.63, 3.8) is 0 Å². The van der Waals surface area contributed by atoms with Crippen LogP contribution in [0.4, 0.5) is 0 Å². The first-order valence-electron chi connectivity index (χ1n) is 6.56. The molecule has 18 heavy (non-hydrogen) atoms. The number of sulfonamides is 1. The van der Waals surface area contributed by atoms with Gasteiger partial charge in [0.05, 0.1) is 4.90 Å². The van der Waals surface area contributed by atoms with Crippen LogP contribution >= 0.6 is 0 Å². The van der Waals surface area contributed by atoms with Gasteiger partial charge in [-0.2, -0.15) is 4.31 Å². The molecule has 0 aromatic heterocycles. The van der Waals surface area contributed by atoms with Crippen LogP contribution in [0.15, 0.2) is 29.2 Å². The molecule has 3 nitrogen and oxygen atoms in total. The Morgan fingerprint density at radius 1 is 1.28 bits per heavy atom. The first kappa shape index (κ1) is 12.2. The van der Waals surface area contributed by atoms with E-state index in [1.807, 2.05) is 19.1 Å². The Morgan fingerprint density at radius 3 is 2.44 bits per heavy atom. The van der Waals surface area contributed by atoms with E-state index in [0.29, 0.717) is 17.4 Å². The number of hydrogen-bond donors (Lipinski definition) is 0. The van der Waals surface area contributed by atoms with Gasteiger partial charge in [-0.25, -0.2) is 8.42 Å². The van der Waals surface area contributed by atoms with E-state index in [0.717, 1.165) is 24.8 Å². The van der Waals surface area contributed by atoms with Gasteiger partial charge < -0.3 is 0 Å². The van der Waals surface area contributed by atoms with Crippen molar-refractivity contribution in [1.82, 2.24) is 4.31 Å². The fourth-order valence-corrected chi connectivity index (χ4v) is 5.17. The molecule has 98 valence electrons. The van der Waals surface area contributed by atoms with Gasteiger partial charge in [-0.15, -0.1) is 0 Å². The van der Waals surface area contributed by atoms with Crippen LogP contribution in [-0.2, 0) is 10.0 Å². The third-order valence-corrected chi connectivity index (χ3v) is 6.49. The molecule has 1 unspecified atom stereocenters. The number of benzene rings is 1. The minimum Gasteiger partial charge on any atom is -0.207 e. The zero-order chi connectivity index (χ0) is 13.0. The van der Waals surface area contributed by atoms with Gasteiger partial charge in [-0.05, 0) is 44.2 Å². The molecular formula is C14H19NO2S. The molecule has 1 saturated carbocycles. The van der Waals surface area contributed by atoms with Gasteiger partial charge in [0.2, 0.25) is 10.0 Å². The Kier molecular flexibility index (Phi) is 2.58. The highest BCUT2D eigenvalue weighted by Crippen LogP contribution is 2.56. The van der Waals surface area contributed by atoms with Crippen LogP contribution in [0.2, 0.25) is 0 Å². The largest absolute Gasteiger partial charge is 0.243 e. The third kappa shape index (κ3) is 1.62. The first-order chi connectivity index (χ1) is 8.47. The average molecular weight is 265 g/mol. The Bertz CT molecular complexity index is 564. The highest BCUT2D eigenvalue weighted by atomic mass is 32.2. The van der Waals surface area contributed by atoms with Crippen LogP contribution in [0.25, 0.3) is 0 Å². The molecule has 0 bridgehead atoms. The average Bonchev–Trinajstić information content (AvgIpc) is 2.76. The summed E-state index contributed by atoms with van der Waals surface area (Å²) in [6, 6.07) is 7.19. The SMILES string of the molecule is Cc1ccc(S(=O)(=O)N2CCCC23C[C@H]3C)cc1. The van der Waals surface area contributed by atoms with E-state index in [-0.39, 0.29) is 5.54 Å². The minimum atomic E-state index is -3.30. The van der Waals surface area contributed by atoms with Gasteiger partial charge in [0.1, 0.15) is 0 Å². The zero-order valence-corrected chi connectivity index (χ0v) is 11.7. The second-order valence-corrected chi connectivity index (χ2v) is 7.56. The highest BCUT2D eigenvalue weighted by molar-refractivity contribution is 7.89. The van der Waals surface area contributed by atoms with Crippen molar-refractivity contribution in [2.75, 3.05) is 6.54 Å². The van der Waals surface area contributed by atoms with Crippen molar-refractivity contribution in [2.45, 2.75) is 43.5 Å². The summed E-state index contributed by atoms with van der Waals surface area (Å²) in [5.41, 5.74) is 1.04. The smallest absolute Gasteiger partial charge is 0.207 e. The second kappa shape index (κ2) is 3.81. The maximum absolute atomic E-state index is 12.7. The van der Waals surface area contributed by atoms with E-state index < -0.39 is 10.0 Å². The van der Waals surface area contributed by atoms with Crippen molar-refractivity contribution >= 4 is 10.0 Å². The summed E-state index contributed by atoms with van der Waals surface area (Å²) in [5.74, 6) is 0.514. The molecule has 2 atom stereocenters. The molecule has 1 spiro atoms. The summed E-state index contributed by atoms with van der Waals surface area (Å²) in [4.78, 5) is 0.438. The lowest BCUT2D eigenvalue weighted by Gasteiger charge is -2.24. The predicted octanol–water partition coefficient (Wildman–Crippen LogP) is 2.56. The summed E-state index contributed by atoms with van der Waals surface area (Å²) in [5, 5.41) is 0. The van der Waals surface area contributed by atoms with Crippen molar-refractivity contribution in [1.29, 1.82) is 0 Å². The molecule has 1 aromatic rings. The van der Waals surface area contributed by atoms with Gasteiger partial charge in [0, 0.05) is 12.1 Å². The molecule has 1 aliphatic carbocycles. The quantitative estimate of drug-likeness (QED) is 0.824. The standard InChI is InChI=1S/C14H19NO2S/c1-11-4-6-13(7-5-11)18(16,17)15-9-3-8-14(15)10-12(14)2/h4-7,12H,3,8-10H2,1-2H3/t12-,14?/m1/s1. The number of rotatable bonds is 2. The molecular weight excluding hydrogens is 246 g/mol. The van der Waals surface area contributed by atoms with Crippen LogP contribution in [0.5, 0.6) is 0 Å². The Morgan fingerprint density at radius 2 is 1.89 bits per heavy atom. The topological polar surface area (TPSA) is 37.4 Å². The molecule has 0 radical (unpaired) electrons. The van der Waals surface area contributed by atoms with Crippen LogP contribution < -0.4 is 0 Å². The van der Waals surface area contributed by atoms with E-state index in [4.69, 9.17) is 0 Å². The maximum Gasteiger partial charge on any atom is 0.243 e. The lowest BCUT2D eigenvalue weighted by Crippen LogP contribution is -2.38. The lowest BCUT2D eigenvalue weighted by atomic mass is 10.2. The Hall–Kier alpha value is -0.870. The van der Waals surface area contributed by atoms with Crippen molar-refractivity contribution in [2.24, 2.45) is 5.92 Å². The number of aryl methyl sites for hydroxylation is 1. The molecule has 1 saturated heterocycles. The lowest BCUT2D eigenvalue weighted by molar-refractivity contribution is 0.351. The number of hydrogen-bond acceptors (Lipinski definition) is 2. The van der Waals surface area contributed by atoms with Crippen molar-refractivity contribution in [3.8, 4) is 0 Å². The van der Waals surface area contributed by atoms with Crippen LogP contribution in [0, 0.1) is 12.8 Å². The fraction of sp³-hybridized carbons (Fsp3) is 0.571. The summed E-state index contributed by atoms with van der Waals surface area (Å²) in [7, 11) is -3.30. The van der Waals surface area contributed by atoms with E-state index in [2.05, 4.69) is 6.92 Å². The molecule has 4 heteroatoms. The van der Waals surface area contributed by atoms with Gasteiger partial charge in [0.25, 0.3) is 0 Å². The van der Waals surface area contributed by atoms with Gasteiger partial charge in [-0.1, -0.05) is 24.6 Å². The molecule has 1 heterocycles. The molecule has 0 N–H and O–H groups in total. The van der Waals surface area contributed by atoms with Crippen LogP contribution in [0.1, 0.15) is 31.7 Å². The minimum absolute atomic E-state index is 0.0519. The zero-order valence-electron chi connectivity index (χ0n) is 10.9. The second-order valence-electron chi connectivity index (χ2n) is 5.70. The van der Waals surface area contributed by atoms with E-state index >= 15 is 0 Å². The van der Waals surface area contributed by atoms with E-state index in [9.17, 15) is 8.42 Å². The van der Waals surface area contributed by atoms with Crippen molar-refractivity contribution < 1.29 is 8.42 Å². The van der Waals surface area contributed by atoms with E-state index in [1.54, 1.807) is 16.4 Å². The summed E-state index contributed by atoms with van der Waals surface area (Å²) < 4.78 is 27.1. The van der Waals surface area contributed by atoms with Crippen molar-refractivity contribution in [3.05, 3.63) is 29.8 Å². The molecule has 1 aliphatic heterocycles. The van der Waals surface area contributed by atoms with E-state index in [1.165, 1.54) is 0 Å². The summed E-state index contributed by atoms with van der Waals surface area (Å²) >= 11 is 0. The molecule has 2 aliphatic rings. The van der Waals surface area contributed by atoms with Gasteiger partial charge in [0.15, 0.2) is 0 Å². The summed E-state index contributed by atoms with van der Waals surface area (Å²) in [6.45, 7) is 4.81. The Balaban J connectivity index is 1.98. The maximum atomic E-state index is 12.7. The summed E-state index contributed by atoms with van der Waals surface area (Å²) in [6.07, 6.45) is 3.05. The predicted molar refractivity (Wildman–Crippen MR) is 70.8 cm³/mol. The first-order valence-corrected chi connectivity index (χ1v) is 8.00.